The molecule has 0 saturated carbocycles. The number of nitrogens with one attached hydrogen (secondary N) is 3. The van der Waals surface area contributed by atoms with Crippen LogP contribution in [0.2, 0.25) is 0 Å². The maximum Gasteiger partial charge on any atom is 0.333 e. The Hall–Kier alpha value is -4.19. The molecule has 0 bridgehead atoms. The molecular formula is C24H20N4O2. The van der Waals surface area contributed by atoms with E-state index in [1.807, 2.05) is 72.8 Å². The van der Waals surface area contributed by atoms with Gasteiger partial charge in [-0.05, 0) is 45.7 Å². The molecule has 1 heterocycles. The minimum atomic E-state index is -0.484. The Morgan fingerprint density at radius 2 is 1.43 bits per heavy atom. The molecule has 3 amide bonds. The van der Waals surface area contributed by atoms with Gasteiger partial charge in [-0.3, -0.25) is 15.2 Å². The summed E-state index contributed by atoms with van der Waals surface area (Å²) in [5, 5.41) is 4.52. The number of rotatable bonds is 4. The van der Waals surface area contributed by atoms with Crippen molar-refractivity contribution in [2.24, 2.45) is 0 Å². The number of fused-ring (bicyclic) bond motifs is 1. The third kappa shape index (κ3) is 4.44. The van der Waals surface area contributed by atoms with Crippen LogP contribution in [0.5, 0.6) is 0 Å². The van der Waals surface area contributed by atoms with Crippen molar-refractivity contribution in [2.45, 2.75) is 6.54 Å². The highest BCUT2D eigenvalue weighted by atomic mass is 16.2. The van der Waals surface area contributed by atoms with E-state index in [0.717, 1.165) is 27.5 Å². The summed E-state index contributed by atoms with van der Waals surface area (Å²) in [6, 6.07) is 24.4. The number of pyridine rings is 1. The number of carbonyl (C=O) groups is 2. The summed E-state index contributed by atoms with van der Waals surface area (Å²) in [5.41, 5.74) is 8.45. The average molecular weight is 396 g/mol. The zero-order chi connectivity index (χ0) is 20.8. The van der Waals surface area contributed by atoms with Gasteiger partial charge < -0.3 is 5.32 Å². The van der Waals surface area contributed by atoms with Crippen LogP contribution in [0.4, 0.5) is 4.79 Å². The first-order chi connectivity index (χ1) is 14.7. The van der Waals surface area contributed by atoms with Crippen molar-refractivity contribution in [3.05, 3.63) is 102 Å². The highest BCUT2D eigenvalue weighted by molar-refractivity contribution is 6.07. The Morgan fingerprint density at radius 1 is 0.733 bits per heavy atom. The molecule has 6 heteroatoms. The van der Waals surface area contributed by atoms with Crippen LogP contribution in [0.1, 0.15) is 15.9 Å². The molecule has 4 rings (SSSR count). The number of hydrogen-bond donors (Lipinski definition) is 3. The first-order valence-electron chi connectivity index (χ1n) is 9.52. The lowest BCUT2D eigenvalue weighted by Crippen LogP contribution is -2.46. The fraction of sp³-hybridized carbons (Fsp3) is 0.0417. The molecule has 4 aromatic rings. The summed E-state index contributed by atoms with van der Waals surface area (Å²) in [7, 11) is 0. The van der Waals surface area contributed by atoms with Gasteiger partial charge in [-0.2, -0.15) is 0 Å². The monoisotopic (exact) mass is 396 g/mol. The van der Waals surface area contributed by atoms with E-state index < -0.39 is 6.03 Å². The minimum Gasteiger partial charge on any atom is -0.333 e. The van der Waals surface area contributed by atoms with E-state index >= 15 is 0 Å². The predicted octanol–water partition coefficient (Wildman–Crippen LogP) is 4.05. The van der Waals surface area contributed by atoms with Crippen LogP contribution in [0.25, 0.3) is 21.9 Å². The molecule has 1 aromatic heterocycles. The van der Waals surface area contributed by atoms with Gasteiger partial charge in [0.2, 0.25) is 0 Å². The Balaban J connectivity index is 1.30. The number of urea groups is 1. The molecule has 0 aliphatic carbocycles. The van der Waals surface area contributed by atoms with Crippen LogP contribution in [0, 0.1) is 0 Å². The number of hydrogen-bond acceptors (Lipinski definition) is 3. The van der Waals surface area contributed by atoms with Gasteiger partial charge in [0.05, 0.1) is 0 Å². The summed E-state index contributed by atoms with van der Waals surface area (Å²) in [5.74, 6) is -0.372. The Labute approximate surface area is 173 Å². The third-order valence-corrected chi connectivity index (χ3v) is 4.74. The molecular weight excluding hydrogens is 376 g/mol. The van der Waals surface area contributed by atoms with Gasteiger partial charge in [0, 0.05) is 24.5 Å². The normalized spacial score (nSPS) is 10.4. The molecule has 0 fully saturated rings. The number of amides is 3. The zero-order valence-electron chi connectivity index (χ0n) is 16.1. The molecule has 30 heavy (non-hydrogen) atoms. The second kappa shape index (κ2) is 8.87. The maximum absolute atomic E-state index is 12.5. The van der Waals surface area contributed by atoms with E-state index in [9.17, 15) is 9.59 Å². The molecule has 0 spiro atoms. The summed E-state index contributed by atoms with van der Waals surface area (Å²) < 4.78 is 0. The van der Waals surface area contributed by atoms with Crippen LogP contribution < -0.4 is 16.2 Å². The van der Waals surface area contributed by atoms with Crippen molar-refractivity contribution in [1.29, 1.82) is 0 Å². The molecule has 3 aromatic carbocycles. The summed E-state index contributed by atoms with van der Waals surface area (Å²) >= 11 is 0. The lowest BCUT2D eigenvalue weighted by molar-refractivity contribution is 0.0938. The molecule has 148 valence electrons. The molecule has 0 radical (unpaired) electrons. The lowest BCUT2D eigenvalue weighted by atomic mass is 10.0. The number of nitrogens with zero attached hydrogens (tertiary/aromatic N) is 1. The largest absolute Gasteiger partial charge is 0.333 e. The van der Waals surface area contributed by atoms with Crippen molar-refractivity contribution in [3.8, 4) is 11.1 Å². The fourth-order valence-corrected chi connectivity index (χ4v) is 3.19. The number of carbonyl (C=O) groups excluding carboxylic acids is 2. The Kier molecular flexibility index (Phi) is 5.66. The van der Waals surface area contributed by atoms with E-state index in [0.29, 0.717) is 12.1 Å². The Bertz CT molecular complexity index is 1170. The van der Waals surface area contributed by atoms with Crippen LogP contribution in [0.3, 0.4) is 0 Å². The van der Waals surface area contributed by atoms with Crippen molar-refractivity contribution >= 4 is 22.7 Å². The second-order valence-corrected chi connectivity index (χ2v) is 6.72. The molecule has 0 atom stereocenters. The van der Waals surface area contributed by atoms with Gasteiger partial charge in [0.25, 0.3) is 5.91 Å². The van der Waals surface area contributed by atoms with E-state index in [-0.39, 0.29) is 5.91 Å². The quantitative estimate of drug-likeness (QED) is 0.455. The predicted molar refractivity (Wildman–Crippen MR) is 116 cm³/mol. The van der Waals surface area contributed by atoms with Crippen LogP contribution in [0.15, 0.2) is 91.3 Å². The van der Waals surface area contributed by atoms with Crippen LogP contribution in [-0.2, 0) is 6.54 Å². The second-order valence-electron chi connectivity index (χ2n) is 6.72. The van der Waals surface area contributed by atoms with Crippen molar-refractivity contribution in [3.63, 3.8) is 0 Å². The molecule has 0 aliphatic heterocycles. The SMILES string of the molecule is O=C(NCc1ccc(-c2ccncc2)cc1)NNC(=O)c1cccc2ccccc12. The van der Waals surface area contributed by atoms with E-state index in [4.69, 9.17) is 0 Å². The highest BCUT2D eigenvalue weighted by Crippen LogP contribution is 2.19. The number of aromatic nitrogens is 1. The first-order valence-corrected chi connectivity index (χ1v) is 9.52. The van der Waals surface area contributed by atoms with Crippen LogP contribution >= 0.6 is 0 Å². The van der Waals surface area contributed by atoms with Crippen molar-refractivity contribution < 1.29 is 9.59 Å². The smallest absolute Gasteiger partial charge is 0.333 e. The highest BCUT2D eigenvalue weighted by Gasteiger charge is 2.10. The lowest BCUT2D eigenvalue weighted by Gasteiger charge is -2.11. The topological polar surface area (TPSA) is 83.1 Å². The fourth-order valence-electron chi connectivity index (χ4n) is 3.19. The Morgan fingerprint density at radius 3 is 2.23 bits per heavy atom. The van der Waals surface area contributed by atoms with Crippen molar-refractivity contribution in [2.75, 3.05) is 0 Å². The number of hydrazine groups is 1. The summed E-state index contributed by atoms with van der Waals surface area (Å²) in [6.07, 6.45) is 3.50. The van der Waals surface area contributed by atoms with Gasteiger partial charge >= 0.3 is 6.03 Å². The third-order valence-electron chi connectivity index (χ3n) is 4.74. The minimum absolute atomic E-state index is 0.340. The molecule has 0 unspecified atom stereocenters. The van der Waals surface area contributed by atoms with Crippen LogP contribution in [-0.4, -0.2) is 16.9 Å². The van der Waals surface area contributed by atoms with E-state index in [1.54, 1.807) is 18.5 Å². The van der Waals surface area contributed by atoms with E-state index in [1.165, 1.54) is 0 Å². The summed E-state index contributed by atoms with van der Waals surface area (Å²) in [4.78, 5) is 28.5. The zero-order valence-corrected chi connectivity index (χ0v) is 16.1. The van der Waals surface area contributed by atoms with Crippen molar-refractivity contribution in [1.82, 2.24) is 21.2 Å². The first kappa shape index (κ1) is 19.1. The molecule has 0 saturated heterocycles. The average Bonchev–Trinajstić information content (AvgIpc) is 2.81. The van der Waals surface area contributed by atoms with Gasteiger partial charge in [0.1, 0.15) is 0 Å². The van der Waals surface area contributed by atoms with Gasteiger partial charge in [-0.1, -0.05) is 60.7 Å². The summed E-state index contributed by atoms with van der Waals surface area (Å²) in [6.45, 7) is 0.340. The maximum atomic E-state index is 12.5. The number of benzene rings is 3. The molecule has 6 nitrogen and oxygen atoms in total. The van der Waals surface area contributed by atoms with E-state index in [2.05, 4.69) is 21.2 Å². The van der Waals surface area contributed by atoms with Gasteiger partial charge in [-0.25, -0.2) is 10.2 Å². The van der Waals surface area contributed by atoms with Gasteiger partial charge in [0.15, 0.2) is 0 Å². The molecule has 3 N–H and O–H groups in total. The van der Waals surface area contributed by atoms with Gasteiger partial charge in [-0.15, -0.1) is 0 Å². The molecule has 0 aliphatic rings. The standard InChI is InChI=1S/C24H20N4O2/c29-23(22-7-3-5-20-4-1-2-6-21(20)22)27-28-24(30)26-16-17-8-10-18(11-9-17)19-12-14-25-15-13-19/h1-15H,16H2,(H,27,29)(H2,26,28,30).